The fourth-order valence-corrected chi connectivity index (χ4v) is 2.73. The fourth-order valence-electron chi connectivity index (χ4n) is 1.90. The maximum absolute atomic E-state index is 5.53. The zero-order chi connectivity index (χ0) is 15.2. The Morgan fingerprint density at radius 1 is 1.35 bits per heavy atom. The minimum atomic E-state index is 0.103. The van der Waals surface area contributed by atoms with E-state index >= 15 is 0 Å². The lowest BCUT2D eigenvalue weighted by atomic mass is 9.89. The van der Waals surface area contributed by atoms with Gasteiger partial charge in [0.15, 0.2) is 5.96 Å². The molecule has 0 saturated carbocycles. The number of ether oxygens (including phenoxy) is 1. The van der Waals surface area contributed by atoms with Crippen LogP contribution < -0.4 is 10.6 Å². The van der Waals surface area contributed by atoms with Crippen LogP contribution in [0.15, 0.2) is 17.1 Å². The molecule has 0 radical (unpaired) electrons. The molecule has 0 spiro atoms. The Labute approximate surface area is 126 Å². The molecular formula is C15H27N3OS. The lowest BCUT2D eigenvalue weighted by molar-refractivity contribution is 0.0205. The van der Waals surface area contributed by atoms with Crippen LogP contribution in [0.4, 0.5) is 0 Å². The third-order valence-corrected chi connectivity index (χ3v) is 4.16. The Hall–Kier alpha value is -1.07. The Bertz CT molecular complexity index is 435. The van der Waals surface area contributed by atoms with Gasteiger partial charge in [0.05, 0.1) is 12.6 Å². The third kappa shape index (κ3) is 5.51. The van der Waals surface area contributed by atoms with Crippen molar-refractivity contribution in [2.45, 2.75) is 40.3 Å². The molecule has 0 saturated heterocycles. The molecule has 0 aliphatic carbocycles. The van der Waals surface area contributed by atoms with E-state index in [0.717, 1.165) is 19.0 Å². The number of hydrogen-bond donors (Lipinski definition) is 2. The lowest BCUT2D eigenvalue weighted by Crippen LogP contribution is -2.45. The minimum Gasteiger partial charge on any atom is -0.379 e. The van der Waals surface area contributed by atoms with Crippen LogP contribution in [0.3, 0.4) is 0 Å². The van der Waals surface area contributed by atoms with Crippen molar-refractivity contribution in [1.82, 2.24) is 10.6 Å². The summed E-state index contributed by atoms with van der Waals surface area (Å²) in [6.07, 6.45) is 0.144. The Kier molecular flexibility index (Phi) is 6.49. The molecule has 20 heavy (non-hydrogen) atoms. The summed E-state index contributed by atoms with van der Waals surface area (Å²) in [5, 5.41) is 6.65. The average molecular weight is 297 g/mol. The van der Waals surface area contributed by atoms with Gasteiger partial charge in [0.25, 0.3) is 0 Å². The molecule has 1 rings (SSSR count). The van der Waals surface area contributed by atoms with Gasteiger partial charge in [-0.2, -0.15) is 0 Å². The molecule has 1 aromatic rings. The highest BCUT2D eigenvalue weighted by molar-refractivity contribution is 7.11. The van der Waals surface area contributed by atoms with Gasteiger partial charge in [-0.05, 0) is 24.5 Å². The Morgan fingerprint density at radius 3 is 2.50 bits per heavy atom. The van der Waals surface area contributed by atoms with E-state index in [2.05, 4.69) is 55.5 Å². The summed E-state index contributed by atoms with van der Waals surface area (Å²) < 4.78 is 5.53. The van der Waals surface area contributed by atoms with Crippen LogP contribution in [-0.2, 0) is 11.3 Å². The van der Waals surface area contributed by atoms with Gasteiger partial charge in [-0.15, -0.1) is 11.3 Å². The predicted octanol–water partition coefficient (Wildman–Crippen LogP) is 2.78. The van der Waals surface area contributed by atoms with E-state index in [1.54, 1.807) is 25.5 Å². The highest BCUT2D eigenvalue weighted by Gasteiger charge is 2.24. The van der Waals surface area contributed by atoms with Crippen LogP contribution >= 0.6 is 11.3 Å². The van der Waals surface area contributed by atoms with Gasteiger partial charge >= 0.3 is 0 Å². The van der Waals surface area contributed by atoms with Crippen LogP contribution in [0.5, 0.6) is 0 Å². The highest BCUT2D eigenvalue weighted by atomic mass is 32.1. The van der Waals surface area contributed by atoms with Crippen LogP contribution in [0, 0.1) is 12.3 Å². The number of aliphatic imine (C=N–C) groups is 1. The van der Waals surface area contributed by atoms with Gasteiger partial charge in [0.1, 0.15) is 0 Å². The molecule has 1 unspecified atom stereocenters. The smallest absolute Gasteiger partial charge is 0.191 e. The molecule has 5 heteroatoms. The standard InChI is InChI=1S/C15H27N3OS/c1-11-7-8-12(20-11)9-17-14(16-5)18-10-13(19-6)15(2,3)4/h7-8,13H,9-10H2,1-6H3,(H2,16,17,18). The van der Waals surface area contributed by atoms with Crippen LogP contribution in [-0.4, -0.2) is 32.8 Å². The molecule has 0 aromatic carbocycles. The van der Waals surface area contributed by atoms with Gasteiger partial charge < -0.3 is 15.4 Å². The number of nitrogens with zero attached hydrogens (tertiary/aromatic N) is 1. The normalized spacial score (nSPS) is 14.2. The largest absolute Gasteiger partial charge is 0.379 e. The molecule has 1 heterocycles. The molecule has 0 amide bonds. The van der Waals surface area contributed by atoms with Crippen molar-refractivity contribution in [2.75, 3.05) is 20.7 Å². The highest BCUT2D eigenvalue weighted by Crippen LogP contribution is 2.20. The maximum atomic E-state index is 5.53. The number of rotatable bonds is 5. The van der Waals surface area contributed by atoms with Crippen LogP contribution in [0.2, 0.25) is 0 Å². The lowest BCUT2D eigenvalue weighted by Gasteiger charge is -2.30. The molecule has 114 valence electrons. The topological polar surface area (TPSA) is 45.7 Å². The Balaban J connectivity index is 2.44. The van der Waals surface area contributed by atoms with Crippen LogP contribution in [0.1, 0.15) is 30.5 Å². The molecule has 0 aliphatic rings. The summed E-state index contributed by atoms with van der Waals surface area (Å²) in [5.41, 5.74) is 0.103. The molecule has 1 aromatic heterocycles. The van der Waals surface area contributed by atoms with E-state index in [1.807, 2.05) is 0 Å². The van der Waals surface area contributed by atoms with E-state index in [1.165, 1.54) is 9.75 Å². The van der Waals surface area contributed by atoms with Crippen molar-refractivity contribution in [3.05, 3.63) is 21.9 Å². The van der Waals surface area contributed by atoms with E-state index < -0.39 is 0 Å². The van der Waals surface area contributed by atoms with Gasteiger partial charge in [0, 0.05) is 30.5 Å². The first kappa shape index (κ1) is 17.0. The second-order valence-corrected chi connectivity index (χ2v) is 7.28. The van der Waals surface area contributed by atoms with Crippen molar-refractivity contribution in [2.24, 2.45) is 10.4 Å². The van der Waals surface area contributed by atoms with Crippen molar-refractivity contribution >= 4 is 17.3 Å². The zero-order valence-electron chi connectivity index (χ0n) is 13.4. The monoisotopic (exact) mass is 297 g/mol. The van der Waals surface area contributed by atoms with E-state index in [9.17, 15) is 0 Å². The molecule has 4 nitrogen and oxygen atoms in total. The van der Waals surface area contributed by atoms with E-state index in [-0.39, 0.29) is 11.5 Å². The van der Waals surface area contributed by atoms with Gasteiger partial charge in [-0.1, -0.05) is 20.8 Å². The Morgan fingerprint density at radius 2 is 2.05 bits per heavy atom. The van der Waals surface area contributed by atoms with Crippen molar-refractivity contribution < 1.29 is 4.74 Å². The minimum absolute atomic E-state index is 0.103. The second-order valence-electron chi connectivity index (χ2n) is 5.91. The quantitative estimate of drug-likeness (QED) is 0.649. The number of methoxy groups -OCH3 is 1. The first-order valence-corrected chi connectivity index (χ1v) is 7.71. The summed E-state index contributed by atoms with van der Waals surface area (Å²) in [6, 6.07) is 4.28. The first-order valence-electron chi connectivity index (χ1n) is 6.89. The summed E-state index contributed by atoms with van der Waals surface area (Å²) in [6.45, 7) is 10.2. The van der Waals surface area contributed by atoms with E-state index in [4.69, 9.17) is 4.74 Å². The molecule has 2 N–H and O–H groups in total. The summed E-state index contributed by atoms with van der Waals surface area (Å²) in [7, 11) is 3.54. The molecule has 0 fully saturated rings. The molecule has 1 atom stereocenters. The number of guanidine groups is 1. The fraction of sp³-hybridized carbons (Fsp3) is 0.667. The first-order chi connectivity index (χ1) is 9.36. The number of thiophene rings is 1. The summed E-state index contributed by atoms with van der Waals surface area (Å²) >= 11 is 1.80. The number of aryl methyl sites for hydroxylation is 1. The van der Waals surface area contributed by atoms with E-state index in [0.29, 0.717) is 0 Å². The third-order valence-electron chi connectivity index (χ3n) is 3.16. The maximum Gasteiger partial charge on any atom is 0.191 e. The van der Waals surface area contributed by atoms with Gasteiger partial charge in [-0.25, -0.2) is 0 Å². The number of hydrogen-bond acceptors (Lipinski definition) is 3. The predicted molar refractivity (Wildman–Crippen MR) is 87.5 cm³/mol. The molecule has 0 bridgehead atoms. The average Bonchev–Trinajstić information content (AvgIpc) is 2.78. The number of nitrogens with one attached hydrogen (secondary N) is 2. The van der Waals surface area contributed by atoms with Crippen molar-refractivity contribution in [3.63, 3.8) is 0 Å². The SMILES string of the molecule is CN=C(NCc1ccc(C)s1)NCC(OC)C(C)(C)C. The molecular weight excluding hydrogens is 270 g/mol. The van der Waals surface area contributed by atoms with Crippen LogP contribution in [0.25, 0.3) is 0 Å². The molecule has 0 aliphatic heterocycles. The zero-order valence-corrected chi connectivity index (χ0v) is 14.2. The summed E-state index contributed by atoms with van der Waals surface area (Å²) in [5.74, 6) is 0.808. The van der Waals surface area contributed by atoms with Crippen molar-refractivity contribution in [1.29, 1.82) is 0 Å². The van der Waals surface area contributed by atoms with Gasteiger partial charge in [0.2, 0.25) is 0 Å². The second kappa shape index (κ2) is 7.64. The van der Waals surface area contributed by atoms with Crippen molar-refractivity contribution in [3.8, 4) is 0 Å². The van der Waals surface area contributed by atoms with Gasteiger partial charge in [-0.3, -0.25) is 4.99 Å². The summed E-state index contributed by atoms with van der Waals surface area (Å²) in [4.78, 5) is 6.88.